The molecule has 0 radical (unpaired) electrons. The predicted molar refractivity (Wildman–Crippen MR) is 445 cm³/mol. The van der Waals surface area contributed by atoms with Gasteiger partial charge in [-0.1, -0.05) is 30.3 Å². The molecule has 39 nitrogen and oxygen atoms in total. The van der Waals surface area contributed by atoms with Crippen molar-refractivity contribution in [3.05, 3.63) is 154 Å². The Hall–Kier alpha value is -12.1. The van der Waals surface area contributed by atoms with Gasteiger partial charge in [0.05, 0.1) is 95.2 Å². The van der Waals surface area contributed by atoms with Crippen LogP contribution < -0.4 is 53.4 Å². The average molecular weight is 1660 g/mol. The number of rotatable bonds is 48. The number of ether oxygens (including phenoxy) is 5. The highest BCUT2D eigenvalue weighted by Crippen LogP contribution is 2.34. The van der Waals surface area contributed by atoms with Crippen LogP contribution in [0.25, 0.3) is 22.6 Å². The summed E-state index contributed by atoms with van der Waals surface area (Å²) in [4.78, 5) is 155. The number of fused-ring (bicyclic) bond motifs is 1. The Kier molecular flexibility index (Phi) is 33.9. The lowest BCUT2D eigenvalue weighted by atomic mass is 9.93. The number of hydrogen-bond donors (Lipinski definition) is 9. The Labute approximate surface area is 694 Å². The van der Waals surface area contributed by atoms with Gasteiger partial charge in [0.15, 0.2) is 23.3 Å². The van der Waals surface area contributed by atoms with Gasteiger partial charge in [-0.3, -0.25) is 52.9 Å². The molecule has 120 heavy (non-hydrogen) atoms. The van der Waals surface area contributed by atoms with Crippen molar-refractivity contribution in [2.75, 3.05) is 160 Å². The highest BCUT2D eigenvalue weighted by molar-refractivity contribution is 6.05. The summed E-state index contributed by atoms with van der Waals surface area (Å²) >= 11 is 0. The van der Waals surface area contributed by atoms with E-state index in [0.29, 0.717) is 108 Å². The molecule has 8 aromatic heterocycles. The Morgan fingerprint density at radius 3 is 1.55 bits per heavy atom. The monoisotopic (exact) mass is 1660 g/mol. The molecular formula is C81H110N24O15. The minimum atomic E-state index is -0.638. The van der Waals surface area contributed by atoms with E-state index in [1.807, 2.05) is 37.5 Å². The molecule has 1 aliphatic rings. The first-order chi connectivity index (χ1) is 57.8. The molecule has 9 heterocycles. The Morgan fingerprint density at radius 2 is 1.02 bits per heavy atom. The van der Waals surface area contributed by atoms with E-state index >= 15 is 0 Å². The van der Waals surface area contributed by atoms with Crippen molar-refractivity contribution in [1.29, 1.82) is 0 Å². The highest BCUT2D eigenvalue weighted by atomic mass is 16.6. The van der Waals surface area contributed by atoms with Gasteiger partial charge in [-0.15, -0.1) is 0 Å². The molecule has 0 unspecified atom stereocenters. The van der Waals surface area contributed by atoms with E-state index in [0.717, 1.165) is 74.3 Å². The van der Waals surface area contributed by atoms with E-state index in [-0.39, 0.29) is 122 Å². The van der Waals surface area contributed by atoms with E-state index in [1.165, 1.54) is 59.9 Å². The summed E-state index contributed by atoms with van der Waals surface area (Å²) in [5.41, 5.74) is 6.16. The van der Waals surface area contributed by atoms with Crippen molar-refractivity contribution in [2.24, 2.45) is 42.3 Å². The third-order valence-electron chi connectivity index (χ3n) is 20.0. The van der Waals surface area contributed by atoms with Crippen molar-refractivity contribution < 1.29 is 66.8 Å². The van der Waals surface area contributed by atoms with Crippen LogP contribution in [0.5, 0.6) is 0 Å². The third kappa shape index (κ3) is 26.7. The number of likely N-dealkylation sites (tertiary alicyclic amines) is 1. The predicted octanol–water partition coefficient (Wildman–Crippen LogP) is 3.43. The van der Waals surface area contributed by atoms with Crippen molar-refractivity contribution in [2.45, 2.75) is 77.2 Å². The maximum Gasteiger partial charge on any atom is 0.291 e. The molecular weight excluding hydrogens is 1550 g/mol. The molecule has 1 aliphatic heterocycles. The Balaban J connectivity index is 0.480. The molecule has 1 saturated heterocycles. The van der Waals surface area contributed by atoms with Crippen molar-refractivity contribution in [3.63, 3.8) is 0 Å². The number of piperidine rings is 1. The van der Waals surface area contributed by atoms with Crippen LogP contribution in [-0.4, -0.2) is 264 Å². The number of hydrogen-bond acceptors (Lipinski definition) is 23. The third-order valence-corrected chi connectivity index (χ3v) is 20.0. The van der Waals surface area contributed by atoms with Gasteiger partial charge in [-0.05, 0) is 103 Å². The van der Waals surface area contributed by atoms with E-state index in [2.05, 4.69) is 107 Å². The number of imidazole rings is 4. The maximum atomic E-state index is 13.3. The van der Waals surface area contributed by atoms with Gasteiger partial charge >= 0.3 is 0 Å². The van der Waals surface area contributed by atoms with Gasteiger partial charge in [0, 0.05) is 162 Å². The van der Waals surface area contributed by atoms with Crippen LogP contribution in [0.4, 0.5) is 23.0 Å². The number of aryl methyl sites for hydroxylation is 7. The van der Waals surface area contributed by atoms with Gasteiger partial charge < -0.3 is 109 Å². The number of amides is 9. The number of anilines is 4. The molecule has 0 bridgehead atoms. The molecule has 9 aromatic rings. The lowest BCUT2D eigenvalue weighted by Gasteiger charge is -2.31. The molecule has 9 N–H and O–H groups in total. The minimum absolute atomic E-state index is 0.000668. The summed E-state index contributed by atoms with van der Waals surface area (Å²) in [6.45, 7) is 13.5. The zero-order valence-corrected chi connectivity index (χ0v) is 69.5. The molecule has 10 rings (SSSR count). The van der Waals surface area contributed by atoms with Gasteiger partial charge in [-0.25, -0.2) is 24.6 Å². The second-order valence-electron chi connectivity index (χ2n) is 29.2. The van der Waals surface area contributed by atoms with E-state index in [9.17, 15) is 47.9 Å². The largest absolute Gasteiger partial charge is 0.379 e. The standard InChI is InChI=1S/C81H110N24O15/c1-54-45-61(96-103(9)81(54)115)72-91-62-49-88-60(48-63(62)105(72)55(2)56-15-11-10-12-16-56)57-20-31-104(32-21-57)34-36-117-38-40-119-42-44-120-43-41-118-39-37-116-35-22-69(107)83-24-14-30-97(3)29-13-23-82-68(106)17-25-87-78(112)74-94-66(52-101(74)7)92-70(108)18-26-86-77(111)65-47-59(51-100(65)6)90-80(114)75-95-67(53-102(75)8)93-71(109)19-27-85-76(110)64-46-58(50-99(64)5)89-79(113)73-84-28-33-98(73)4/h10-12,15-16,28,33,45-53,55,57H,13-14,17-27,29-32,34-44H2,1-9H3,(H,82,106)(H,83,107)(H,85,110)(H,86,111)(H,87,112)(H,89,113)(H,90,114)(H,92,108)(H,93,109)/t55-/m0/s1. The lowest BCUT2D eigenvalue weighted by Crippen LogP contribution is -2.35. The first kappa shape index (κ1) is 90.2. The molecule has 1 aromatic carbocycles. The van der Waals surface area contributed by atoms with Crippen LogP contribution in [0, 0.1) is 6.92 Å². The normalized spacial score (nSPS) is 12.7. The Morgan fingerprint density at radius 1 is 0.517 bits per heavy atom. The zero-order chi connectivity index (χ0) is 85.6. The number of nitrogens with one attached hydrogen (secondary N) is 9. The summed E-state index contributed by atoms with van der Waals surface area (Å²) in [6, 6.07) is 17.2. The van der Waals surface area contributed by atoms with Crippen LogP contribution in [0.2, 0.25) is 0 Å². The van der Waals surface area contributed by atoms with Gasteiger partial charge in [0.2, 0.25) is 35.3 Å². The van der Waals surface area contributed by atoms with Crippen LogP contribution in [0.3, 0.4) is 0 Å². The maximum absolute atomic E-state index is 13.3. The smallest absolute Gasteiger partial charge is 0.291 e. The second kappa shape index (κ2) is 45.1. The quantitative estimate of drug-likeness (QED) is 0.0247. The SMILES string of the molecule is Cc1cc(-c2nc3cnc(C4CCN(CCOCCOCCOCCOCCOCCC(=O)NCCCN(C)CCCNC(=O)CCNC(=O)c5nc(NC(=O)CCNC(=O)c6cc(NC(=O)c7nc(NC(=O)CCNC(=O)c8cc(NC(=O)c9nccn9C)cn8C)cn7C)cn6C)cn5C)CC4)cc3n2[C@@H](C)c2ccccc2)nn(C)c1=O. The van der Waals surface area contributed by atoms with Crippen molar-refractivity contribution >= 4 is 87.2 Å². The van der Waals surface area contributed by atoms with E-state index in [4.69, 9.17) is 33.7 Å². The molecule has 0 spiro atoms. The average Bonchev–Trinajstić information content (AvgIpc) is 1.60. The molecule has 0 saturated carbocycles. The number of aromatic nitrogens is 13. The molecule has 9 amide bonds. The topological polar surface area (TPSA) is 443 Å². The summed E-state index contributed by atoms with van der Waals surface area (Å²) in [5, 5.41) is 29.1. The van der Waals surface area contributed by atoms with Crippen LogP contribution in [0.15, 0.2) is 103 Å². The number of carbonyl (C=O) groups is 9. The number of nitrogens with zero attached hydrogens (tertiary/aromatic N) is 15. The fourth-order valence-corrected chi connectivity index (χ4v) is 13.5. The molecule has 644 valence electrons. The van der Waals surface area contributed by atoms with E-state index < -0.39 is 41.4 Å². The number of carbonyl (C=O) groups excluding carboxylic acids is 9. The van der Waals surface area contributed by atoms with Gasteiger partial charge in [0.1, 0.15) is 22.6 Å². The summed E-state index contributed by atoms with van der Waals surface area (Å²) in [5.74, 6) is -2.60. The van der Waals surface area contributed by atoms with Crippen LogP contribution >= 0.6 is 0 Å². The van der Waals surface area contributed by atoms with Crippen molar-refractivity contribution in [1.82, 2.24) is 98.5 Å². The first-order valence-corrected chi connectivity index (χ1v) is 40.1. The molecule has 1 fully saturated rings. The first-order valence-electron chi connectivity index (χ1n) is 40.1. The molecule has 39 heteroatoms. The lowest BCUT2D eigenvalue weighted by molar-refractivity contribution is -0.122. The van der Waals surface area contributed by atoms with E-state index in [1.54, 1.807) is 66.2 Å². The Bertz CT molecular complexity index is 5000. The number of benzene rings is 1. The van der Waals surface area contributed by atoms with Crippen LogP contribution in [0.1, 0.15) is 140 Å². The van der Waals surface area contributed by atoms with Crippen molar-refractivity contribution in [3.8, 4) is 11.5 Å². The minimum Gasteiger partial charge on any atom is -0.379 e. The zero-order valence-electron chi connectivity index (χ0n) is 69.5. The summed E-state index contributed by atoms with van der Waals surface area (Å²) < 4.78 is 39.4. The fourth-order valence-electron chi connectivity index (χ4n) is 13.5. The molecule has 1 atom stereocenters. The molecule has 0 aliphatic carbocycles. The number of pyridine rings is 1. The highest BCUT2D eigenvalue weighted by Gasteiger charge is 2.28. The second-order valence-corrected chi connectivity index (χ2v) is 29.2. The van der Waals surface area contributed by atoms with Gasteiger partial charge in [-0.2, -0.15) is 5.10 Å². The summed E-state index contributed by atoms with van der Waals surface area (Å²) in [6.07, 6.45) is 14.4. The fraction of sp³-hybridized carbons (Fsp3) is 0.481. The summed E-state index contributed by atoms with van der Waals surface area (Å²) in [7, 11) is 11.7. The van der Waals surface area contributed by atoms with Crippen LogP contribution in [-0.2, 0) is 85.1 Å². The van der Waals surface area contributed by atoms with Gasteiger partial charge in [0.25, 0.3) is 35.1 Å².